The molecule has 0 fully saturated rings. The van der Waals surface area contributed by atoms with E-state index in [0.717, 1.165) is 22.5 Å². The van der Waals surface area contributed by atoms with Crippen molar-refractivity contribution in [1.82, 2.24) is 26.3 Å². The Labute approximate surface area is 190 Å². The van der Waals surface area contributed by atoms with Gasteiger partial charge >= 0.3 is 0 Å². The summed E-state index contributed by atoms with van der Waals surface area (Å²) >= 11 is 0. The largest absolute Gasteiger partial charge is 0.349 e. The third-order valence-corrected chi connectivity index (χ3v) is 5.69. The highest BCUT2D eigenvalue weighted by Gasteiger charge is 2.23. The number of benzene rings is 1. The second-order valence-corrected chi connectivity index (χ2v) is 9.08. The molecule has 32 heavy (non-hydrogen) atoms. The molecule has 1 aromatic carbocycles. The van der Waals surface area contributed by atoms with Crippen LogP contribution in [0.2, 0.25) is 0 Å². The Hall–Kier alpha value is -2.77. The minimum atomic E-state index is -0.302. The van der Waals surface area contributed by atoms with Crippen LogP contribution in [0, 0.1) is 11.8 Å². The van der Waals surface area contributed by atoms with E-state index < -0.39 is 0 Å². The van der Waals surface area contributed by atoms with Crippen molar-refractivity contribution in [2.24, 2.45) is 11.8 Å². The Kier molecular flexibility index (Phi) is 8.36. The number of hydrogen-bond acceptors (Lipinski definition) is 5. The highest BCUT2D eigenvalue weighted by Crippen LogP contribution is 2.11. The average molecular weight is 438 g/mol. The highest BCUT2D eigenvalue weighted by atomic mass is 16.2. The number of hydrogen-bond donors (Lipinski definition) is 4. The normalized spacial score (nSPS) is 20.9. The van der Waals surface area contributed by atoms with Crippen molar-refractivity contribution in [2.45, 2.75) is 66.0 Å². The van der Waals surface area contributed by atoms with Crippen molar-refractivity contribution < 1.29 is 9.59 Å². The van der Waals surface area contributed by atoms with Gasteiger partial charge in [0, 0.05) is 13.1 Å². The molecule has 2 amide bonds. The molecule has 2 atom stereocenters. The van der Waals surface area contributed by atoms with E-state index in [4.69, 9.17) is 0 Å². The number of carbonyl (C=O) groups is 2. The molecule has 0 saturated carbocycles. The standard InChI is InChI=1S/C25H35N5O2/c1-16(2)22-24(31)28-14-20-9-6-10-21(30-20)15-29-25(32)23(17(3)4)27-13-19-8-5-7-18(11-19)12-26-22/h5-11,16-17,22-23,26-27H,12-15H2,1-4H3,(H,28,31)(H,29,32)/t22-,23?/m0/s1. The van der Waals surface area contributed by atoms with Crippen molar-refractivity contribution in [3.8, 4) is 0 Å². The fourth-order valence-electron chi connectivity index (χ4n) is 3.87. The molecule has 0 saturated heterocycles. The summed E-state index contributed by atoms with van der Waals surface area (Å²) in [7, 11) is 0. The first-order chi connectivity index (χ1) is 15.3. The Balaban J connectivity index is 1.85. The number of rotatable bonds is 2. The van der Waals surface area contributed by atoms with Gasteiger partial charge in [0.05, 0.1) is 36.6 Å². The first-order valence-corrected chi connectivity index (χ1v) is 11.4. The van der Waals surface area contributed by atoms with Gasteiger partial charge in [-0.05, 0) is 35.1 Å². The zero-order chi connectivity index (χ0) is 23.1. The number of nitrogens with one attached hydrogen (secondary N) is 4. The zero-order valence-corrected chi connectivity index (χ0v) is 19.4. The molecule has 7 nitrogen and oxygen atoms in total. The number of pyridine rings is 1. The van der Waals surface area contributed by atoms with Crippen molar-refractivity contribution in [1.29, 1.82) is 0 Å². The lowest BCUT2D eigenvalue weighted by molar-refractivity contribution is -0.125. The predicted octanol–water partition coefficient (Wildman–Crippen LogP) is 2.26. The van der Waals surface area contributed by atoms with E-state index in [1.165, 1.54) is 0 Å². The fourth-order valence-corrected chi connectivity index (χ4v) is 3.87. The first-order valence-electron chi connectivity index (χ1n) is 11.4. The number of aromatic nitrogens is 1. The van der Waals surface area contributed by atoms with E-state index in [9.17, 15) is 9.59 Å². The Morgan fingerprint density at radius 2 is 1.16 bits per heavy atom. The molecule has 1 aliphatic heterocycles. The van der Waals surface area contributed by atoms with Crippen LogP contribution in [0.3, 0.4) is 0 Å². The average Bonchev–Trinajstić information content (AvgIpc) is 2.76. The molecule has 1 aliphatic rings. The van der Waals surface area contributed by atoms with Crippen LogP contribution < -0.4 is 21.3 Å². The fraction of sp³-hybridized carbons (Fsp3) is 0.480. The van der Waals surface area contributed by atoms with Crippen LogP contribution in [0.1, 0.15) is 50.2 Å². The van der Waals surface area contributed by atoms with Crippen molar-refractivity contribution in [3.63, 3.8) is 0 Å². The van der Waals surface area contributed by atoms with E-state index in [-0.39, 0.29) is 35.7 Å². The van der Waals surface area contributed by atoms with Gasteiger partial charge in [0.15, 0.2) is 0 Å². The van der Waals surface area contributed by atoms with Crippen molar-refractivity contribution in [3.05, 3.63) is 65.0 Å². The maximum Gasteiger partial charge on any atom is 0.237 e. The predicted molar refractivity (Wildman–Crippen MR) is 125 cm³/mol. The Morgan fingerprint density at radius 1 is 0.719 bits per heavy atom. The van der Waals surface area contributed by atoms with E-state index in [2.05, 4.69) is 32.3 Å². The van der Waals surface area contributed by atoms with Crippen LogP contribution in [0.4, 0.5) is 0 Å². The van der Waals surface area contributed by atoms with Gasteiger partial charge in [-0.25, -0.2) is 0 Å². The second kappa shape index (κ2) is 11.2. The number of carbonyl (C=O) groups excluding carboxylic acids is 2. The molecule has 2 aromatic rings. The van der Waals surface area contributed by atoms with Crippen molar-refractivity contribution in [2.75, 3.05) is 0 Å². The quantitative estimate of drug-likeness (QED) is 0.578. The lowest BCUT2D eigenvalue weighted by atomic mass is 10.0. The number of amides is 2. The summed E-state index contributed by atoms with van der Waals surface area (Å²) in [5, 5.41) is 12.8. The molecule has 7 heteroatoms. The third-order valence-electron chi connectivity index (χ3n) is 5.69. The topological polar surface area (TPSA) is 95.2 Å². The molecule has 1 unspecified atom stereocenters. The van der Waals surface area contributed by atoms with Crippen LogP contribution in [0.15, 0.2) is 42.5 Å². The lowest BCUT2D eigenvalue weighted by Gasteiger charge is -2.23. The van der Waals surface area contributed by atoms with E-state index in [1.54, 1.807) is 0 Å². The van der Waals surface area contributed by atoms with Gasteiger partial charge in [-0.3, -0.25) is 14.6 Å². The van der Waals surface area contributed by atoms with E-state index in [1.807, 2.05) is 64.1 Å². The van der Waals surface area contributed by atoms with Crippen LogP contribution in [0.5, 0.6) is 0 Å². The number of nitrogens with zero attached hydrogens (tertiary/aromatic N) is 1. The molecule has 2 heterocycles. The summed E-state index contributed by atoms with van der Waals surface area (Å²) in [4.78, 5) is 30.3. The van der Waals surface area contributed by atoms with E-state index in [0.29, 0.717) is 26.2 Å². The maximum absolute atomic E-state index is 12.8. The highest BCUT2D eigenvalue weighted by molar-refractivity contribution is 5.82. The molecular formula is C25H35N5O2. The minimum absolute atomic E-state index is 0.0424. The minimum Gasteiger partial charge on any atom is -0.349 e. The van der Waals surface area contributed by atoms with Gasteiger partial charge in [0.1, 0.15) is 0 Å². The summed E-state index contributed by atoms with van der Waals surface area (Å²) in [6.45, 7) is 10.0. The third kappa shape index (κ3) is 6.61. The van der Waals surface area contributed by atoms with Crippen LogP contribution in [-0.2, 0) is 35.8 Å². The lowest BCUT2D eigenvalue weighted by Crippen LogP contribution is -2.47. The first kappa shape index (κ1) is 23.9. The Bertz CT molecular complexity index is 862. The molecule has 4 N–H and O–H groups in total. The van der Waals surface area contributed by atoms with Crippen LogP contribution >= 0.6 is 0 Å². The summed E-state index contributed by atoms with van der Waals surface area (Å²) < 4.78 is 0. The summed E-state index contributed by atoms with van der Waals surface area (Å²) in [6.07, 6.45) is 0. The maximum atomic E-state index is 12.8. The van der Waals surface area contributed by atoms with Gasteiger partial charge in [-0.2, -0.15) is 0 Å². The smallest absolute Gasteiger partial charge is 0.237 e. The van der Waals surface area contributed by atoms with Gasteiger partial charge in [0.25, 0.3) is 0 Å². The molecule has 0 aliphatic carbocycles. The van der Waals surface area contributed by atoms with Crippen LogP contribution in [-0.4, -0.2) is 28.9 Å². The summed E-state index contributed by atoms with van der Waals surface area (Å²) in [6, 6.07) is 13.3. The second-order valence-electron chi connectivity index (χ2n) is 9.08. The number of fused-ring (bicyclic) bond motifs is 4. The molecular weight excluding hydrogens is 402 g/mol. The monoisotopic (exact) mass is 437 g/mol. The SMILES string of the molecule is CC(C)C1NCc2cccc(c2)CN[C@@H](C(C)C)C(=O)NCc2cccc(n2)CNC1=O. The molecule has 1 aromatic heterocycles. The molecule has 3 rings (SSSR count). The van der Waals surface area contributed by atoms with Gasteiger partial charge < -0.3 is 21.3 Å². The summed E-state index contributed by atoms with van der Waals surface area (Å²) in [5.41, 5.74) is 3.73. The van der Waals surface area contributed by atoms with Gasteiger partial charge in [-0.1, -0.05) is 58.0 Å². The van der Waals surface area contributed by atoms with Gasteiger partial charge in [0.2, 0.25) is 11.8 Å². The van der Waals surface area contributed by atoms with Crippen molar-refractivity contribution >= 4 is 11.8 Å². The molecule has 0 spiro atoms. The Morgan fingerprint density at radius 3 is 1.59 bits per heavy atom. The zero-order valence-electron chi connectivity index (χ0n) is 19.4. The molecule has 4 bridgehead atoms. The molecule has 0 radical (unpaired) electrons. The van der Waals surface area contributed by atoms with E-state index >= 15 is 0 Å². The summed E-state index contributed by atoms with van der Waals surface area (Å²) in [5.74, 6) is 0.205. The molecule has 172 valence electrons. The van der Waals surface area contributed by atoms with Crippen LogP contribution in [0.25, 0.3) is 0 Å². The van der Waals surface area contributed by atoms with Gasteiger partial charge in [-0.15, -0.1) is 0 Å².